The zero-order valence-corrected chi connectivity index (χ0v) is 62.7. The number of nitrogens with one attached hydrogen (secondary N) is 2. The Bertz CT molecular complexity index is 3670. The Hall–Kier alpha value is -7.88. The van der Waals surface area contributed by atoms with Crippen LogP contribution in [0, 0.1) is 0 Å². The van der Waals surface area contributed by atoms with Gasteiger partial charge in [0.05, 0.1) is 31.8 Å². The molecule has 2 saturated heterocycles. The summed E-state index contributed by atoms with van der Waals surface area (Å²) < 4.78 is 22.6. The Balaban J connectivity index is 0.000000360. The van der Waals surface area contributed by atoms with E-state index in [1.807, 2.05) is 26.0 Å². The number of unbranched alkanes of at least 4 members (excludes halogenated alkanes) is 5. The molecule has 2 fully saturated rings. The molecule has 0 atom stereocenters. The van der Waals surface area contributed by atoms with Crippen LogP contribution >= 0.6 is 0 Å². The number of hydrogen-bond acceptors (Lipinski definition) is 14. The molecule has 22 heteroatoms. The number of alkyl carbamates (subject to hydrolysis) is 1. The molecule has 536 valence electrons. The molecule has 0 aromatic heterocycles. The van der Waals surface area contributed by atoms with Gasteiger partial charge in [-0.05, 0) is 77.5 Å². The maximum atomic E-state index is 12.7. The normalized spacial score (nSPS) is 15.2. The van der Waals surface area contributed by atoms with Gasteiger partial charge in [-0.3, -0.25) is 9.59 Å². The first-order valence-electron chi connectivity index (χ1n) is 34.6. The molecule has 4 aliphatic heterocycles. The summed E-state index contributed by atoms with van der Waals surface area (Å²) in [5.74, 6) is -2.95. The monoisotopic (exact) mass is 1490 g/mol. The largest absolute Gasteiger partial charge is 1.00 e. The number of fused-ring (bicyclic) bond motifs is 6. The number of carbonyl (C=O) groups is 7. The van der Waals surface area contributed by atoms with E-state index in [0.717, 1.165) is 19.4 Å². The van der Waals surface area contributed by atoms with Gasteiger partial charge >= 0.3 is 191 Å². The van der Waals surface area contributed by atoms with Crippen LogP contribution in [0.15, 0.2) is 138 Å². The van der Waals surface area contributed by atoms with Gasteiger partial charge in [0, 0.05) is 78.7 Å². The number of imide groups is 2. The van der Waals surface area contributed by atoms with Gasteiger partial charge in [0.1, 0.15) is 13.2 Å². The molecule has 0 saturated carbocycles. The number of halogens is 1. The number of carbonyl (C=O) groups excluding carboxylic acids is 7. The van der Waals surface area contributed by atoms with Gasteiger partial charge in [-0.2, -0.15) is 4.58 Å². The molecule has 0 radical (unpaired) electrons. The van der Waals surface area contributed by atoms with Crippen LogP contribution in [0.5, 0.6) is 0 Å². The molecule has 5 aromatic carbocycles. The number of rotatable bonds is 31. The number of amides is 5. The van der Waals surface area contributed by atoms with Gasteiger partial charge in [0.15, 0.2) is 5.71 Å². The fourth-order valence-corrected chi connectivity index (χ4v) is 28.8. The first-order chi connectivity index (χ1) is 46.8. The number of azide groups is 1. The number of benzene rings is 5. The fraction of sp³-hybridized carbons (Fsp3) is 0.481. The van der Waals surface area contributed by atoms with E-state index in [4.69, 9.17) is 24.7 Å². The number of hydrogen-bond donors (Lipinski definition) is 2. The summed E-state index contributed by atoms with van der Waals surface area (Å²) in [7, 11) is 1.49. The molecule has 9 rings (SSSR count). The van der Waals surface area contributed by atoms with Crippen molar-refractivity contribution in [1.29, 1.82) is 0 Å². The van der Waals surface area contributed by atoms with E-state index in [-0.39, 0.29) is 69.4 Å². The van der Waals surface area contributed by atoms with Crippen molar-refractivity contribution in [3.63, 3.8) is 0 Å². The van der Waals surface area contributed by atoms with Crippen molar-refractivity contribution in [3.8, 4) is 0 Å². The molecule has 5 amide bonds. The Morgan fingerprint density at radius 1 is 0.657 bits per heavy atom. The molecule has 0 aliphatic carbocycles. The van der Waals surface area contributed by atoms with Crippen LogP contribution in [0.25, 0.3) is 32.0 Å². The standard InChI is InChI=1S/C43H43N3O4.C11H8NO4.C8H16N4O4.3C4H9.C2H6.CH4.ClH.Sn/c1-42(2)35(44-33-24-22-29-15-10-12-17-31(29)40(33)42)19-7-5-8-20-36-43(3,4)41-32-18-13-11-16-30(32)23-25-34(41)45(36)28-14-6-9-21-39(49)50-46-37(47)26-27-38(46)48;13-9-6-7-10(14)12(9)16-11(15)8-4-2-1-3-5-8;1-10-8(13)16-7-6-15-5-4-14-3-2-11-12-9;3*1-3-4-2;1-2;;;/h5,7-8,10-13,15-20,22-25H,6,9,14,21,26-28H2,1-4H3;1-2,4-5H,6-7H2;2-7H2,1H3,(H,10,13);3*1,3-4H2,2H3;1-2H3;1H4;1H;. The number of ether oxygens (including phenoxy) is 3. The average Bonchev–Trinajstić information content (AvgIpc) is 1.59. The van der Waals surface area contributed by atoms with Crippen molar-refractivity contribution < 1.29 is 74.4 Å². The van der Waals surface area contributed by atoms with E-state index >= 15 is 0 Å². The maximum Gasteiger partial charge on any atom is 0.406 e. The van der Waals surface area contributed by atoms with Gasteiger partial charge < -0.3 is 42.1 Å². The first kappa shape index (κ1) is 83.5. The van der Waals surface area contributed by atoms with Crippen LogP contribution in [-0.2, 0) is 58.7 Å². The smallest absolute Gasteiger partial charge is 0.406 e. The number of allylic oxidation sites excluding steroid dienone is 6. The first-order valence-corrected chi connectivity index (χ1v) is 42.1. The van der Waals surface area contributed by atoms with Gasteiger partial charge in [0.25, 0.3) is 11.8 Å². The van der Waals surface area contributed by atoms with Gasteiger partial charge in [-0.1, -0.05) is 113 Å². The van der Waals surface area contributed by atoms with Crippen molar-refractivity contribution in [2.75, 3.05) is 58.5 Å². The number of hydroxylamine groups is 4. The van der Waals surface area contributed by atoms with Crippen molar-refractivity contribution in [1.82, 2.24) is 15.4 Å². The predicted molar refractivity (Wildman–Crippen MR) is 391 cm³/mol. The van der Waals surface area contributed by atoms with E-state index in [1.165, 1.54) is 118 Å². The summed E-state index contributed by atoms with van der Waals surface area (Å²) in [6.45, 7) is 22.7. The molecule has 20 nitrogen and oxygen atoms in total. The Morgan fingerprint density at radius 3 is 1.80 bits per heavy atom. The molecule has 99 heavy (non-hydrogen) atoms. The Kier molecular flexibility index (Phi) is 35.7. The SMILES string of the molecule is C.CC.CC1(C)C(/C=C/C=C/C=C2/Nc3ccc4ccccc4c3C2(C)C)=[N+](CCCCCC(=O)ON2C(=O)CCC2=O)c2ccc3ccccc3c21.CCC[CH2][Sn]([CH2]CCC)([CH2]CCC)[c]1cccc(C(=O)ON2C(=O)CCC2=O)c1.CNC(=O)OCCOCCOCCN=[N+]=[N-].[Cl-]. The second kappa shape index (κ2) is 42.3. The summed E-state index contributed by atoms with van der Waals surface area (Å²) in [5.41, 5.74) is 15.5. The zero-order chi connectivity index (χ0) is 70.4. The minimum Gasteiger partial charge on any atom is -1.00 e. The molecule has 0 unspecified atom stereocenters. The van der Waals surface area contributed by atoms with Crippen LogP contribution in [-0.4, -0.2) is 134 Å². The third-order valence-electron chi connectivity index (χ3n) is 17.8. The van der Waals surface area contributed by atoms with Gasteiger partial charge in [0.2, 0.25) is 5.69 Å². The second-order valence-electron chi connectivity index (χ2n) is 25.2. The summed E-state index contributed by atoms with van der Waals surface area (Å²) in [6, 6.07) is 33.8. The Labute approximate surface area is 596 Å². The zero-order valence-electron chi connectivity index (χ0n) is 59.1. The summed E-state index contributed by atoms with van der Waals surface area (Å²) in [4.78, 5) is 95.5. The second-order valence-corrected chi connectivity index (χ2v) is 38.4. The molecule has 4 heterocycles. The van der Waals surface area contributed by atoms with Crippen LogP contribution in [0.4, 0.5) is 16.2 Å². The van der Waals surface area contributed by atoms with Crippen molar-refractivity contribution in [3.05, 3.63) is 160 Å². The predicted octanol–water partition coefficient (Wildman–Crippen LogP) is 13.3. The molecule has 0 spiro atoms. The molecular weight excluding hydrogens is 1380 g/mol. The summed E-state index contributed by atoms with van der Waals surface area (Å²) in [6.07, 6.45) is 20.5. The molecule has 5 aromatic rings. The van der Waals surface area contributed by atoms with Crippen molar-refractivity contribution in [2.45, 2.75) is 184 Å². The van der Waals surface area contributed by atoms with Crippen molar-refractivity contribution >= 4 is 102 Å². The van der Waals surface area contributed by atoms with Crippen LogP contribution in [0.3, 0.4) is 0 Å². The average molecular weight is 1490 g/mol. The molecule has 0 bridgehead atoms. The molecule has 4 aliphatic rings. The third kappa shape index (κ3) is 22.8. The third-order valence-corrected chi connectivity index (χ3v) is 33.4. The van der Waals surface area contributed by atoms with E-state index in [0.29, 0.717) is 55.1 Å². The van der Waals surface area contributed by atoms with E-state index in [9.17, 15) is 33.6 Å². The van der Waals surface area contributed by atoms with Gasteiger partial charge in [-0.25, -0.2) is 9.59 Å². The van der Waals surface area contributed by atoms with Crippen LogP contribution < -0.4 is 26.6 Å². The van der Waals surface area contributed by atoms with E-state index < -0.39 is 60.0 Å². The number of anilines is 1. The quantitative estimate of drug-likeness (QED) is 0.00613. The molecule has 2 N–H and O–H groups in total. The fourth-order valence-electron chi connectivity index (χ4n) is 12.8. The minimum absolute atomic E-state index is 0. The van der Waals surface area contributed by atoms with E-state index in [1.54, 1.807) is 6.07 Å². The molecular formula is C77H105ClN8O12Sn. The summed E-state index contributed by atoms with van der Waals surface area (Å²) in [5, 5.41) is 15.6. The van der Waals surface area contributed by atoms with Crippen LogP contribution in [0.1, 0.15) is 181 Å². The maximum absolute atomic E-state index is 12.7. The van der Waals surface area contributed by atoms with Gasteiger partial charge in [-0.15, -0.1) is 5.06 Å². The summed E-state index contributed by atoms with van der Waals surface area (Å²) >= 11 is -2.66. The minimum atomic E-state index is -2.66. The Morgan fingerprint density at radius 2 is 1.21 bits per heavy atom. The van der Waals surface area contributed by atoms with Crippen molar-refractivity contribution in [2.24, 2.45) is 5.11 Å². The van der Waals surface area contributed by atoms with E-state index in [2.05, 4.69) is 188 Å². The van der Waals surface area contributed by atoms with Crippen LogP contribution in [0.2, 0.25) is 13.3 Å². The number of nitrogens with zero attached hydrogens (tertiary/aromatic N) is 6. The topological polar surface area (TPSA) is 248 Å².